The van der Waals surface area contributed by atoms with Gasteiger partial charge in [0.05, 0.1) is 12.5 Å². The third-order valence-electron chi connectivity index (χ3n) is 5.18. The molecule has 1 aliphatic rings. The highest BCUT2D eigenvalue weighted by Gasteiger charge is 2.29. The molecule has 9 heteroatoms. The number of urea groups is 1. The second-order valence-electron chi connectivity index (χ2n) is 7.14. The Bertz CT molecular complexity index is 1050. The number of carbonyl (C=O) groups is 1. The van der Waals surface area contributed by atoms with Gasteiger partial charge in [-0.3, -0.25) is 0 Å². The van der Waals surface area contributed by atoms with Crippen LogP contribution < -0.4 is 20.7 Å². The van der Waals surface area contributed by atoms with E-state index in [0.29, 0.717) is 19.6 Å². The average molecular weight is 413 g/mol. The molecule has 0 radical (unpaired) electrons. The van der Waals surface area contributed by atoms with E-state index in [1.165, 1.54) is 0 Å². The summed E-state index contributed by atoms with van der Waals surface area (Å²) in [5.41, 5.74) is 7.65. The van der Waals surface area contributed by atoms with Crippen LogP contribution in [0.2, 0.25) is 0 Å². The maximum atomic E-state index is 12.8. The summed E-state index contributed by atoms with van der Waals surface area (Å²) in [5, 5.41) is 6.01. The van der Waals surface area contributed by atoms with Crippen LogP contribution in [-0.2, 0) is 0 Å². The summed E-state index contributed by atoms with van der Waals surface area (Å²) in [6.07, 6.45) is 0. The lowest BCUT2D eigenvalue weighted by Crippen LogP contribution is -2.55. The fourth-order valence-corrected chi connectivity index (χ4v) is 4.39. The van der Waals surface area contributed by atoms with Crippen LogP contribution in [-0.4, -0.2) is 53.7 Å². The van der Waals surface area contributed by atoms with Crippen molar-refractivity contribution in [2.75, 3.05) is 42.7 Å². The minimum atomic E-state index is -0.104. The van der Waals surface area contributed by atoms with Crippen LogP contribution in [0.1, 0.15) is 12.5 Å². The van der Waals surface area contributed by atoms with Gasteiger partial charge in [0.25, 0.3) is 0 Å². The molecule has 152 valence electrons. The molecule has 0 spiro atoms. The number of anilines is 3. The molecule has 1 aliphatic heterocycles. The Balaban J connectivity index is 1.47. The van der Waals surface area contributed by atoms with Gasteiger partial charge in [0, 0.05) is 31.4 Å². The fourth-order valence-electron chi connectivity index (χ4n) is 3.63. The van der Waals surface area contributed by atoms with Crippen molar-refractivity contribution in [2.45, 2.75) is 19.9 Å². The number of methoxy groups -OCH3 is 1. The largest absolute Gasteiger partial charge is 0.497 e. The van der Waals surface area contributed by atoms with Crippen LogP contribution in [0.15, 0.2) is 29.6 Å². The van der Waals surface area contributed by atoms with Gasteiger partial charge in [0.15, 0.2) is 0 Å². The number of benzene rings is 1. The van der Waals surface area contributed by atoms with Crippen molar-refractivity contribution in [2.24, 2.45) is 0 Å². The third-order valence-corrected chi connectivity index (χ3v) is 5.99. The van der Waals surface area contributed by atoms with Crippen LogP contribution >= 0.6 is 11.3 Å². The van der Waals surface area contributed by atoms with Crippen LogP contribution in [0, 0.1) is 6.92 Å². The van der Waals surface area contributed by atoms with Crippen molar-refractivity contribution >= 4 is 45.0 Å². The first-order valence-corrected chi connectivity index (χ1v) is 10.3. The molecule has 1 saturated heterocycles. The van der Waals surface area contributed by atoms with E-state index in [2.05, 4.69) is 27.1 Å². The summed E-state index contributed by atoms with van der Waals surface area (Å²) >= 11 is 1.55. The van der Waals surface area contributed by atoms with E-state index in [9.17, 15) is 4.79 Å². The lowest BCUT2D eigenvalue weighted by atomic mass is 10.1. The molecule has 1 unspecified atom stereocenters. The lowest BCUT2D eigenvalue weighted by Gasteiger charge is -2.40. The van der Waals surface area contributed by atoms with Crippen LogP contribution in [0.5, 0.6) is 5.75 Å². The first-order chi connectivity index (χ1) is 14.0. The van der Waals surface area contributed by atoms with E-state index in [0.717, 1.165) is 33.0 Å². The number of hydrogen-bond donors (Lipinski definition) is 2. The topological polar surface area (TPSA) is 96.6 Å². The second kappa shape index (κ2) is 7.75. The Hall–Kier alpha value is -3.07. The molecular weight excluding hydrogens is 388 g/mol. The average Bonchev–Trinajstić information content (AvgIpc) is 3.17. The van der Waals surface area contributed by atoms with Gasteiger partial charge in [0.2, 0.25) is 5.95 Å². The van der Waals surface area contributed by atoms with E-state index < -0.39 is 0 Å². The first-order valence-electron chi connectivity index (χ1n) is 9.44. The van der Waals surface area contributed by atoms with E-state index in [1.54, 1.807) is 18.4 Å². The number of hydrogen-bond acceptors (Lipinski definition) is 7. The molecule has 1 aromatic carbocycles. The van der Waals surface area contributed by atoms with Gasteiger partial charge in [-0.2, -0.15) is 4.98 Å². The first kappa shape index (κ1) is 19.3. The highest BCUT2D eigenvalue weighted by atomic mass is 32.1. The maximum Gasteiger partial charge on any atom is 0.321 e. The second-order valence-corrected chi connectivity index (χ2v) is 8.04. The fraction of sp³-hybridized carbons (Fsp3) is 0.350. The number of nitrogen functional groups attached to an aromatic ring is 1. The molecule has 1 atom stereocenters. The van der Waals surface area contributed by atoms with Crippen molar-refractivity contribution in [3.8, 4) is 5.75 Å². The molecule has 3 heterocycles. The van der Waals surface area contributed by atoms with Crippen molar-refractivity contribution in [1.82, 2.24) is 14.9 Å². The Morgan fingerprint density at radius 2 is 2.14 bits per heavy atom. The summed E-state index contributed by atoms with van der Waals surface area (Å²) in [4.78, 5) is 26.5. The standard InChI is InChI=1S/C20H24N6O2S/c1-12-10-14(28-3)4-5-16(12)22-20(27)25-7-8-26(13(2)11-25)17-15-6-9-29-18(15)24-19(21)23-17/h4-6,9-10,13H,7-8,11H2,1-3H3,(H,22,27)(H2,21,23,24). The van der Waals surface area contributed by atoms with E-state index in [4.69, 9.17) is 10.5 Å². The molecule has 4 rings (SSSR count). The SMILES string of the molecule is COc1ccc(NC(=O)N2CCN(c3nc(N)nc4sccc34)C(C)C2)c(C)c1. The number of fused-ring (bicyclic) bond motifs is 1. The van der Waals surface area contributed by atoms with Crippen molar-refractivity contribution in [3.63, 3.8) is 0 Å². The zero-order chi connectivity index (χ0) is 20.5. The highest BCUT2D eigenvalue weighted by molar-refractivity contribution is 7.16. The molecule has 1 fully saturated rings. The van der Waals surface area contributed by atoms with Crippen molar-refractivity contribution < 1.29 is 9.53 Å². The quantitative estimate of drug-likeness (QED) is 0.685. The zero-order valence-corrected chi connectivity index (χ0v) is 17.5. The Kier molecular flexibility index (Phi) is 5.14. The van der Waals surface area contributed by atoms with E-state index in [1.807, 2.05) is 41.5 Å². The number of nitrogens with two attached hydrogens (primary N) is 1. The summed E-state index contributed by atoms with van der Waals surface area (Å²) in [6, 6.07) is 7.63. The minimum absolute atomic E-state index is 0.101. The molecule has 2 amide bonds. The molecule has 0 saturated carbocycles. The maximum absolute atomic E-state index is 12.8. The smallest absolute Gasteiger partial charge is 0.321 e. The number of amides is 2. The molecule has 3 aromatic rings. The molecule has 3 N–H and O–H groups in total. The van der Waals surface area contributed by atoms with Gasteiger partial charge >= 0.3 is 6.03 Å². The summed E-state index contributed by atoms with van der Waals surface area (Å²) in [7, 11) is 1.63. The lowest BCUT2D eigenvalue weighted by molar-refractivity contribution is 0.200. The van der Waals surface area contributed by atoms with Gasteiger partial charge in [-0.25, -0.2) is 9.78 Å². The Labute approximate surface area is 173 Å². The van der Waals surface area contributed by atoms with Crippen molar-refractivity contribution in [3.05, 3.63) is 35.2 Å². The molecule has 2 aromatic heterocycles. The van der Waals surface area contributed by atoms with Gasteiger partial charge in [-0.15, -0.1) is 11.3 Å². The van der Waals surface area contributed by atoms with Gasteiger partial charge in [-0.05, 0) is 49.1 Å². The number of nitrogens with zero attached hydrogens (tertiary/aromatic N) is 4. The normalized spacial score (nSPS) is 16.9. The third kappa shape index (κ3) is 3.77. The number of aromatic nitrogens is 2. The van der Waals surface area contributed by atoms with Crippen molar-refractivity contribution in [1.29, 1.82) is 0 Å². The molecular formula is C20H24N6O2S. The number of nitrogens with one attached hydrogen (secondary N) is 1. The zero-order valence-electron chi connectivity index (χ0n) is 16.7. The monoisotopic (exact) mass is 412 g/mol. The molecule has 0 bridgehead atoms. The minimum Gasteiger partial charge on any atom is -0.497 e. The van der Waals surface area contributed by atoms with Crippen LogP contribution in [0.3, 0.4) is 0 Å². The molecule has 8 nitrogen and oxygen atoms in total. The predicted octanol–water partition coefficient (Wildman–Crippen LogP) is 3.33. The van der Waals surface area contributed by atoms with Gasteiger partial charge in [0.1, 0.15) is 16.4 Å². The molecule has 0 aliphatic carbocycles. The summed E-state index contributed by atoms with van der Waals surface area (Å²) in [6.45, 7) is 5.91. The summed E-state index contributed by atoms with van der Waals surface area (Å²) < 4.78 is 5.23. The Morgan fingerprint density at radius 1 is 1.31 bits per heavy atom. The Morgan fingerprint density at radius 3 is 2.86 bits per heavy atom. The number of carbonyl (C=O) groups excluding carboxylic acids is 1. The number of rotatable bonds is 3. The van der Waals surface area contributed by atoms with Gasteiger partial charge in [-0.1, -0.05) is 0 Å². The van der Waals surface area contributed by atoms with E-state index in [-0.39, 0.29) is 18.0 Å². The van der Waals surface area contributed by atoms with Gasteiger partial charge < -0.3 is 25.6 Å². The van der Waals surface area contributed by atoms with Crippen LogP contribution in [0.4, 0.5) is 22.2 Å². The van der Waals surface area contributed by atoms with E-state index >= 15 is 0 Å². The highest BCUT2D eigenvalue weighted by Crippen LogP contribution is 2.31. The molecule has 29 heavy (non-hydrogen) atoms. The predicted molar refractivity (Wildman–Crippen MR) is 117 cm³/mol. The van der Waals surface area contributed by atoms with Crippen LogP contribution in [0.25, 0.3) is 10.2 Å². The number of piperazine rings is 1. The number of aryl methyl sites for hydroxylation is 1. The number of thiophene rings is 1. The number of ether oxygens (including phenoxy) is 1. The summed E-state index contributed by atoms with van der Waals surface area (Å²) in [5.74, 6) is 1.89.